The number of hydrogen-bond donors (Lipinski definition) is 14. The number of thioether (sulfide) groups is 2. The fourth-order valence-corrected chi connectivity index (χ4v) is 13.9. The monoisotopic (exact) mass is 1390 g/mol. The van der Waals surface area contributed by atoms with E-state index >= 15 is 9.59 Å². The molecule has 524 valence electrons. The number of carboxylic acid groups (broad SMARTS) is 1. The fraction of sp³-hybridized carbons (Fsp3) is 0.373. The first-order chi connectivity index (χ1) is 46.9. The maximum atomic E-state index is 15.2. The van der Waals surface area contributed by atoms with Gasteiger partial charge in [-0.05, 0) is 109 Å². The van der Waals surface area contributed by atoms with Crippen LogP contribution in [-0.2, 0) is 89.9 Å². The van der Waals surface area contributed by atoms with Gasteiger partial charge in [0, 0.05) is 113 Å². The van der Waals surface area contributed by atoms with Gasteiger partial charge in [-0.15, -0.1) is 0 Å². The highest BCUT2D eigenvalue weighted by molar-refractivity contribution is 7.98. The number of amides is 10. The lowest BCUT2D eigenvalue weighted by molar-refractivity contribution is -0.147. The predicted molar refractivity (Wildman–Crippen MR) is 365 cm³/mol. The minimum Gasteiger partial charge on any atom is -0.508 e. The van der Waals surface area contributed by atoms with E-state index in [0.29, 0.717) is 51.2 Å². The van der Waals surface area contributed by atoms with Crippen molar-refractivity contribution in [3.05, 3.63) is 155 Å². The molecule has 1 saturated carbocycles. The van der Waals surface area contributed by atoms with E-state index in [0.717, 1.165) is 11.1 Å². The Morgan fingerprint density at radius 2 is 1.24 bits per heavy atom. The average molecular weight is 1390 g/mol. The predicted octanol–water partition coefficient (Wildman–Crippen LogP) is 3.20. The standard InChI is InChI=1S/C67H74F2N14O13S2.4H2/c1-66-15-3-18-83(66)63(94)53(21-36-6-10-44(84)11-7-36)80-61(92)51(26-43-30-71-35-75-43)78-62(93)52(27-57(87)88)79-60(91)50(23-40-29-73-48-13-9-42(69)25-46(40)48)77-59(90)49(22-39-28-72-47-12-8-41(68)24-45(39)47)76-56(86)31-74-65(96)67(16-17-67)82-55(85)14-19-97-32-37-4-2-5-38(20-37)33-98-34-54(58(70)89)81-64(66)95;;;;/h2,4-13,20,24-25,28-30,35,49-54,72-73,84H,3,14-19,21-23,26-27,31-34H2,1H3,(H2,70,89)(H,71,75)(H,74,96)(H,76,86)(H,77,90)(H,78,93)(H,79,91)(H,80,92)(H,81,95)(H,82,85)(H,87,88);4*1H/t49-,50-,51-,52-,53-,54-,66-;;;;/m0..../s1. The zero-order valence-corrected chi connectivity index (χ0v) is 54.7. The van der Waals surface area contributed by atoms with Crippen molar-refractivity contribution in [1.29, 1.82) is 0 Å². The topological polar surface area (TPSA) is 414 Å². The molecule has 2 bridgehead atoms. The quantitative estimate of drug-likeness (QED) is 0.0884. The number of nitrogens with zero attached hydrogens (tertiary/aromatic N) is 2. The van der Waals surface area contributed by atoms with Crippen molar-refractivity contribution in [3.63, 3.8) is 0 Å². The number of carbonyl (C=O) groups is 11. The van der Waals surface area contributed by atoms with Crippen molar-refractivity contribution < 1.29 is 77.4 Å². The molecule has 4 aromatic carbocycles. The highest BCUT2D eigenvalue weighted by Gasteiger charge is 2.51. The number of aromatic nitrogens is 4. The number of aromatic amines is 3. The molecule has 7 aromatic rings. The summed E-state index contributed by atoms with van der Waals surface area (Å²) in [6.45, 7) is 0.835. The number of imidazole rings is 1. The van der Waals surface area contributed by atoms with E-state index in [1.165, 1.54) is 121 Å². The molecule has 10 rings (SSSR count). The van der Waals surface area contributed by atoms with Gasteiger partial charge in [0.05, 0.1) is 19.3 Å². The number of halogens is 2. The van der Waals surface area contributed by atoms with E-state index < -0.39 is 143 Å². The summed E-state index contributed by atoms with van der Waals surface area (Å²) in [5, 5.41) is 42.1. The molecule has 15 N–H and O–H groups in total. The third kappa shape index (κ3) is 17.8. The number of primary amides is 1. The lowest BCUT2D eigenvalue weighted by Gasteiger charge is -2.37. The third-order valence-corrected chi connectivity index (χ3v) is 19.6. The number of fused-ring (bicyclic) bond motifs is 5. The van der Waals surface area contributed by atoms with Gasteiger partial charge in [-0.3, -0.25) is 52.7 Å². The summed E-state index contributed by atoms with van der Waals surface area (Å²) >= 11 is 2.81. The number of phenolic OH excluding ortho intramolecular Hbond substituents is 1. The summed E-state index contributed by atoms with van der Waals surface area (Å²) < 4.78 is 29.7. The van der Waals surface area contributed by atoms with E-state index in [2.05, 4.69) is 62.5 Å². The zero-order chi connectivity index (χ0) is 69.8. The molecule has 98 heavy (non-hydrogen) atoms. The lowest BCUT2D eigenvalue weighted by atomic mass is 9.95. The summed E-state index contributed by atoms with van der Waals surface area (Å²) in [5.74, 6) is -10.4. The summed E-state index contributed by atoms with van der Waals surface area (Å²) in [4.78, 5) is 170. The molecule has 2 aliphatic heterocycles. The molecule has 3 aliphatic rings. The normalized spacial score (nSPS) is 23.3. The molecule has 7 atom stereocenters. The van der Waals surface area contributed by atoms with Crippen LogP contribution in [-0.4, -0.2) is 172 Å². The average Bonchev–Trinajstić information content (AvgIpc) is 1.60. The molecule has 2 fully saturated rings. The molecule has 0 radical (unpaired) electrons. The van der Waals surface area contributed by atoms with Crippen molar-refractivity contribution >= 4 is 110 Å². The van der Waals surface area contributed by atoms with Crippen LogP contribution in [0.15, 0.2) is 110 Å². The SMILES string of the molecule is C[C@@]12CCCN1C(=O)[C@H](Cc1ccc(O)cc1)NC(=O)[C@H](Cc1cnc[nH]1)NC(=O)[C@H](CC(=O)O)NC(=O)[C@H](Cc1c[nH]c3ccc(F)cc13)NC(=O)[C@H](Cc1c[nH]c3ccc(F)cc13)NC(=O)CNC(=O)C1(CC1)NC(=O)CCSCc1cccc(c1)CSC[C@@H](C(N)=O)NC2=O.[HH].[HH].[HH].[HH]. The van der Waals surface area contributed by atoms with Crippen molar-refractivity contribution in [2.24, 2.45) is 5.73 Å². The largest absolute Gasteiger partial charge is 0.508 e. The molecule has 1 spiro atoms. The van der Waals surface area contributed by atoms with Crippen LogP contribution < -0.4 is 48.3 Å². The molecule has 31 heteroatoms. The van der Waals surface area contributed by atoms with Gasteiger partial charge in [0.2, 0.25) is 59.1 Å². The van der Waals surface area contributed by atoms with Gasteiger partial charge in [0.15, 0.2) is 0 Å². The second kappa shape index (κ2) is 31.3. The van der Waals surface area contributed by atoms with Crippen molar-refractivity contribution in [2.45, 2.75) is 130 Å². The molecule has 0 unspecified atom stereocenters. The highest BCUT2D eigenvalue weighted by atomic mass is 32.2. The minimum atomic E-state index is -2.04. The van der Waals surface area contributed by atoms with Gasteiger partial charge in [-0.1, -0.05) is 36.4 Å². The Kier molecular flexibility index (Phi) is 22.5. The summed E-state index contributed by atoms with van der Waals surface area (Å²) in [6, 6.07) is 11.2. The highest BCUT2D eigenvalue weighted by Crippen LogP contribution is 2.36. The molecule has 5 heterocycles. The Morgan fingerprint density at radius 1 is 0.663 bits per heavy atom. The van der Waals surface area contributed by atoms with Gasteiger partial charge >= 0.3 is 5.97 Å². The molecule has 27 nitrogen and oxygen atoms in total. The van der Waals surface area contributed by atoms with Gasteiger partial charge in [-0.25, -0.2) is 13.8 Å². The van der Waals surface area contributed by atoms with E-state index in [1.54, 1.807) is 0 Å². The molecule has 1 aliphatic carbocycles. The van der Waals surface area contributed by atoms with Gasteiger partial charge in [0.1, 0.15) is 64.7 Å². The Hall–Kier alpha value is -10.3. The number of benzene rings is 4. The lowest BCUT2D eigenvalue weighted by Crippen LogP contribution is -2.63. The van der Waals surface area contributed by atoms with Crippen LogP contribution in [0.1, 0.15) is 84.7 Å². The van der Waals surface area contributed by atoms with E-state index in [-0.39, 0.29) is 85.3 Å². The Morgan fingerprint density at radius 3 is 1.84 bits per heavy atom. The minimum absolute atomic E-state index is 0. The van der Waals surface area contributed by atoms with Gasteiger partial charge < -0.3 is 78.3 Å². The molecular formula is C67H82F2N14O13S2. The van der Waals surface area contributed by atoms with Crippen molar-refractivity contribution in [2.75, 3.05) is 24.6 Å². The summed E-state index contributed by atoms with van der Waals surface area (Å²) in [6.07, 6.45) is 3.99. The molecular weight excluding hydrogens is 1310 g/mol. The number of aromatic hydroxyl groups is 1. The number of nitrogens with two attached hydrogens (primary N) is 1. The maximum absolute atomic E-state index is 15.2. The molecule has 3 aromatic heterocycles. The van der Waals surface area contributed by atoms with E-state index in [4.69, 9.17) is 5.73 Å². The number of aliphatic carboxylic acids is 1. The number of carbonyl (C=O) groups excluding carboxylic acids is 10. The number of carboxylic acids is 1. The Labute approximate surface area is 573 Å². The second-order valence-electron chi connectivity index (χ2n) is 24.8. The Balaban J connectivity index is 0.00000409. The van der Waals surface area contributed by atoms with Gasteiger partial charge in [0.25, 0.3) is 0 Å². The van der Waals surface area contributed by atoms with Crippen LogP contribution in [0.2, 0.25) is 0 Å². The van der Waals surface area contributed by atoms with Crippen molar-refractivity contribution in [3.8, 4) is 5.75 Å². The fourth-order valence-electron chi connectivity index (χ4n) is 12.0. The van der Waals surface area contributed by atoms with E-state index in [1.807, 2.05) is 24.3 Å². The maximum Gasteiger partial charge on any atom is 0.305 e. The number of rotatable bonds is 11. The van der Waals surface area contributed by atoms with Crippen LogP contribution in [0.4, 0.5) is 8.78 Å². The second-order valence-corrected chi connectivity index (χ2v) is 26.9. The first-order valence-corrected chi connectivity index (χ1v) is 34.0. The van der Waals surface area contributed by atoms with Crippen molar-refractivity contribution in [1.82, 2.24) is 67.4 Å². The molecule has 1 saturated heterocycles. The number of phenols is 1. The number of H-pyrrole nitrogens is 3. The van der Waals surface area contributed by atoms with Crippen LogP contribution in [0.25, 0.3) is 21.8 Å². The summed E-state index contributed by atoms with van der Waals surface area (Å²) in [5.41, 5.74) is 6.93. The zero-order valence-electron chi connectivity index (χ0n) is 53.1. The van der Waals surface area contributed by atoms with Gasteiger partial charge in [-0.2, -0.15) is 23.5 Å². The van der Waals surface area contributed by atoms with E-state index in [9.17, 15) is 62.1 Å². The molecule has 10 amide bonds. The van der Waals surface area contributed by atoms with Crippen LogP contribution >= 0.6 is 23.5 Å². The third-order valence-electron chi connectivity index (χ3n) is 17.5. The van der Waals surface area contributed by atoms with Crippen LogP contribution in [0.3, 0.4) is 0 Å². The first-order valence-electron chi connectivity index (χ1n) is 31.7. The number of nitrogens with one attached hydrogen (secondary N) is 11. The van der Waals surface area contributed by atoms with Crippen LogP contribution in [0, 0.1) is 11.6 Å². The number of hydrogen-bond acceptors (Lipinski definition) is 15. The summed E-state index contributed by atoms with van der Waals surface area (Å²) in [7, 11) is 0. The first kappa shape index (κ1) is 70.5. The van der Waals surface area contributed by atoms with Crippen LogP contribution in [0.5, 0.6) is 5.75 Å². The Bertz CT molecular complexity index is 4190. The smallest absolute Gasteiger partial charge is 0.305 e.